The standard InChI is InChI=1S/C46H89NO8/c1-3-5-7-9-11-13-15-16-17-18-19-20-21-22-23-24-26-28-30-32-34-36-42(50)47-39(38-54-46-45(53)44(52)43(51)41(37-48)55-46)40(49)35-33-31-29-27-25-14-12-10-8-6-4-2/h25,27,39-41,43-46,48-49,51-53H,3-24,26,28-38H2,1-2H3,(H,47,50)/b27-25+/t39-,40+,41-,43-,44?,45?,46-/m0/s1. The molecular formula is C46H89NO8. The van der Waals surface area contributed by atoms with Gasteiger partial charge in [0.15, 0.2) is 6.29 Å². The molecule has 9 nitrogen and oxygen atoms in total. The smallest absolute Gasteiger partial charge is 0.220 e. The van der Waals surface area contributed by atoms with E-state index in [9.17, 15) is 30.3 Å². The number of allylic oxidation sites excluding steroid dienone is 2. The maximum absolute atomic E-state index is 13.0. The third kappa shape index (κ3) is 28.1. The third-order valence-electron chi connectivity index (χ3n) is 11.4. The lowest BCUT2D eigenvalue weighted by molar-refractivity contribution is -0.302. The van der Waals surface area contributed by atoms with Crippen molar-refractivity contribution < 1.29 is 39.8 Å². The van der Waals surface area contributed by atoms with Crippen molar-refractivity contribution in [3.8, 4) is 0 Å². The minimum Gasteiger partial charge on any atom is -0.394 e. The molecule has 6 N–H and O–H groups in total. The van der Waals surface area contributed by atoms with Gasteiger partial charge in [-0.15, -0.1) is 0 Å². The number of aliphatic hydroxyl groups excluding tert-OH is 5. The second-order valence-electron chi connectivity index (χ2n) is 16.6. The fraction of sp³-hybridized carbons (Fsp3) is 0.935. The third-order valence-corrected chi connectivity index (χ3v) is 11.4. The summed E-state index contributed by atoms with van der Waals surface area (Å²) in [7, 11) is 0. The first-order valence-electron chi connectivity index (χ1n) is 23.4. The maximum Gasteiger partial charge on any atom is 0.220 e. The van der Waals surface area contributed by atoms with Gasteiger partial charge >= 0.3 is 0 Å². The van der Waals surface area contributed by atoms with Crippen LogP contribution in [0.1, 0.15) is 219 Å². The Bertz CT molecular complexity index is 873. The molecule has 0 spiro atoms. The molecule has 9 heteroatoms. The van der Waals surface area contributed by atoms with Crippen LogP contribution in [0.4, 0.5) is 0 Å². The molecule has 7 atom stereocenters. The van der Waals surface area contributed by atoms with Crippen LogP contribution in [0.5, 0.6) is 0 Å². The van der Waals surface area contributed by atoms with Crippen molar-refractivity contribution >= 4 is 5.91 Å². The Morgan fingerprint density at radius 2 is 1.02 bits per heavy atom. The number of hydrogen-bond acceptors (Lipinski definition) is 8. The fourth-order valence-electron chi connectivity index (χ4n) is 7.57. The van der Waals surface area contributed by atoms with Gasteiger partial charge in [0.2, 0.25) is 5.91 Å². The lowest BCUT2D eigenvalue weighted by Gasteiger charge is -2.40. The molecule has 1 amide bonds. The summed E-state index contributed by atoms with van der Waals surface area (Å²) in [6.45, 7) is 3.81. The number of carbonyl (C=O) groups is 1. The summed E-state index contributed by atoms with van der Waals surface area (Å²) in [4.78, 5) is 13.0. The van der Waals surface area contributed by atoms with Crippen molar-refractivity contribution in [3.63, 3.8) is 0 Å². The molecule has 0 saturated carbocycles. The Morgan fingerprint density at radius 3 is 1.47 bits per heavy atom. The fourth-order valence-corrected chi connectivity index (χ4v) is 7.57. The zero-order valence-electron chi connectivity index (χ0n) is 35.7. The first-order valence-corrected chi connectivity index (χ1v) is 23.4. The monoisotopic (exact) mass is 784 g/mol. The molecule has 2 unspecified atom stereocenters. The summed E-state index contributed by atoms with van der Waals surface area (Å²) in [5.41, 5.74) is 0. The number of unbranched alkanes of at least 4 members (excludes halogenated alkanes) is 27. The van der Waals surface area contributed by atoms with Gasteiger partial charge in [0, 0.05) is 6.42 Å². The zero-order chi connectivity index (χ0) is 40.2. The molecule has 0 radical (unpaired) electrons. The van der Waals surface area contributed by atoms with Crippen molar-refractivity contribution in [2.75, 3.05) is 13.2 Å². The van der Waals surface area contributed by atoms with Crippen LogP contribution in [0, 0.1) is 0 Å². The van der Waals surface area contributed by atoms with Crippen LogP contribution in [0.15, 0.2) is 12.2 Å². The van der Waals surface area contributed by atoms with Gasteiger partial charge in [0.1, 0.15) is 24.4 Å². The zero-order valence-corrected chi connectivity index (χ0v) is 35.7. The second kappa shape index (κ2) is 37.2. The van der Waals surface area contributed by atoms with E-state index in [0.29, 0.717) is 12.8 Å². The van der Waals surface area contributed by atoms with E-state index in [0.717, 1.165) is 44.9 Å². The number of amides is 1. The highest BCUT2D eigenvalue weighted by Gasteiger charge is 2.44. The first-order chi connectivity index (χ1) is 26.8. The van der Waals surface area contributed by atoms with Crippen LogP contribution in [-0.2, 0) is 14.3 Å². The largest absolute Gasteiger partial charge is 0.394 e. The summed E-state index contributed by atoms with van der Waals surface area (Å²) in [5, 5.41) is 54.2. The predicted octanol–water partition coefficient (Wildman–Crippen LogP) is 9.73. The topological polar surface area (TPSA) is 149 Å². The molecule has 1 rings (SSSR count). The summed E-state index contributed by atoms with van der Waals surface area (Å²) in [5.74, 6) is -0.152. The Hall–Kier alpha value is -1.07. The van der Waals surface area contributed by atoms with Crippen LogP contribution in [0.2, 0.25) is 0 Å². The van der Waals surface area contributed by atoms with Gasteiger partial charge in [-0.1, -0.05) is 187 Å². The molecule has 0 aliphatic carbocycles. The quantitative estimate of drug-likeness (QED) is 0.0267. The van der Waals surface area contributed by atoms with Gasteiger partial charge < -0.3 is 40.3 Å². The van der Waals surface area contributed by atoms with E-state index in [1.54, 1.807) is 0 Å². The van der Waals surface area contributed by atoms with Crippen molar-refractivity contribution in [2.45, 2.75) is 262 Å². The lowest BCUT2D eigenvalue weighted by Crippen LogP contribution is -2.60. The number of carbonyl (C=O) groups excluding carboxylic acids is 1. The van der Waals surface area contributed by atoms with E-state index in [1.807, 2.05) is 0 Å². The Balaban J connectivity index is 2.26. The number of nitrogens with one attached hydrogen (secondary N) is 1. The molecular weight excluding hydrogens is 695 g/mol. The van der Waals surface area contributed by atoms with Crippen LogP contribution >= 0.6 is 0 Å². The van der Waals surface area contributed by atoms with E-state index in [1.165, 1.54) is 148 Å². The molecule has 1 fully saturated rings. The Morgan fingerprint density at radius 1 is 0.600 bits per heavy atom. The molecule has 1 aliphatic rings. The molecule has 0 aromatic carbocycles. The van der Waals surface area contributed by atoms with Gasteiger partial charge in [-0.25, -0.2) is 0 Å². The molecule has 1 heterocycles. The molecule has 0 bridgehead atoms. The van der Waals surface area contributed by atoms with E-state index in [-0.39, 0.29) is 12.5 Å². The van der Waals surface area contributed by atoms with Crippen LogP contribution in [0.3, 0.4) is 0 Å². The van der Waals surface area contributed by atoms with Gasteiger partial charge in [-0.05, 0) is 38.5 Å². The van der Waals surface area contributed by atoms with Crippen molar-refractivity contribution in [1.82, 2.24) is 5.32 Å². The molecule has 55 heavy (non-hydrogen) atoms. The van der Waals surface area contributed by atoms with E-state index < -0.39 is 49.5 Å². The van der Waals surface area contributed by atoms with Gasteiger partial charge in [0.05, 0.1) is 25.4 Å². The highest BCUT2D eigenvalue weighted by atomic mass is 16.7. The van der Waals surface area contributed by atoms with Crippen molar-refractivity contribution in [2.24, 2.45) is 0 Å². The number of ether oxygens (including phenoxy) is 2. The predicted molar refractivity (Wildman–Crippen MR) is 226 cm³/mol. The average Bonchev–Trinajstić information content (AvgIpc) is 3.18. The second-order valence-corrected chi connectivity index (χ2v) is 16.6. The number of aliphatic hydroxyl groups is 5. The SMILES string of the molecule is CCCCCCC/C=C/CCCC[C@@H](O)[C@H](CO[C@H]1O[C@@H](CO)[C@H](O)C(O)C1O)NC(=O)CCCCCCCCCCCCCCCCCCCCCCC. The van der Waals surface area contributed by atoms with Gasteiger partial charge in [-0.2, -0.15) is 0 Å². The van der Waals surface area contributed by atoms with Crippen LogP contribution in [0.25, 0.3) is 0 Å². The molecule has 1 aliphatic heterocycles. The highest BCUT2D eigenvalue weighted by molar-refractivity contribution is 5.76. The summed E-state index contributed by atoms with van der Waals surface area (Å²) < 4.78 is 11.2. The normalized spacial score (nSPS) is 21.3. The minimum absolute atomic E-state index is 0.146. The molecule has 1 saturated heterocycles. The molecule has 326 valence electrons. The lowest BCUT2D eigenvalue weighted by atomic mass is 9.99. The minimum atomic E-state index is -1.55. The average molecular weight is 784 g/mol. The number of rotatable bonds is 39. The Labute approximate surface area is 337 Å². The van der Waals surface area contributed by atoms with Crippen molar-refractivity contribution in [1.29, 1.82) is 0 Å². The first kappa shape index (κ1) is 51.9. The molecule has 0 aromatic heterocycles. The van der Waals surface area contributed by atoms with Crippen LogP contribution in [-0.4, -0.2) is 87.5 Å². The van der Waals surface area contributed by atoms with Crippen LogP contribution < -0.4 is 5.32 Å². The maximum atomic E-state index is 13.0. The molecule has 0 aromatic rings. The van der Waals surface area contributed by atoms with Gasteiger partial charge in [0.25, 0.3) is 0 Å². The number of hydrogen-bond donors (Lipinski definition) is 6. The Kier molecular flexibility index (Phi) is 35.2. The van der Waals surface area contributed by atoms with E-state index in [2.05, 4.69) is 31.3 Å². The van der Waals surface area contributed by atoms with Crippen molar-refractivity contribution in [3.05, 3.63) is 12.2 Å². The van der Waals surface area contributed by atoms with E-state index >= 15 is 0 Å². The van der Waals surface area contributed by atoms with Gasteiger partial charge in [-0.3, -0.25) is 4.79 Å². The summed E-state index contributed by atoms with van der Waals surface area (Å²) in [6.07, 6.45) is 35.2. The van der Waals surface area contributed by atoms with E-state index in [4.69, 9.17) is 9.47 Å². The summed E-state index contributed by atoms with van der Waals surface area (Å²) >= 11 is 0. The summed E-state index contributed by atoms with van der Waals surface area (Å²) in [6, 6.07) is -0.728. The highest BCUT2D eigenvalue weighted by Crippen LogP contribution is 2.23.